The zero-order chi connectivity index (χ0) is 22.1. The smallest absolute Gasteiger partial charge is 0.275 e. The van der Waals surface area contributed by atoms with Crippen molar-refractivity contribution in [3.8, 4) is 10.6 Å². The fraction of sp³-hybridized carbons (Fsp3) is 0.200. The monoisotopic (exact) mass is 446 g/mol. The SMILES string of the molecule is O=C(Nc1cnccc1C(=O)N1CC(O)C(O)C1)c1csc(-c2c(F)cccc2F)n1. The lowest BCUT2D eigenvalue weighted by Crippen LogP contribution is -2.31. The van der Waals surface area contributed by atoms with Gasteiger partial charge in [-0.05, 0) is 18.2 Å². The maximum atomic E-state index is 14.0. The molecule has 0 saturated carbocycles. The number of nitrogens with one attached hydrogen (secondary N) is 1. The minimum atomic E-state index is -1.05. The summed E-state index contributed by atoms with van der Waals surface area (Å²) in [7, 11) is 0. The number of rotatable bonds is 4. The molecule has 2 amide bonds. The summed E-state index contributed by atoms with van der Waals surface area (Å²) in [4.78, 5) is 34.6. The molecular formula is C20H16F2N4O4S. The number of thiazole rings is 1. The van der Waals surface area contributed by atoms with E-state index < -0.39 is 35.7 Å². The molecule has 2 unspecified atom stereocenters. The third-order valence-electron chi connectivity index (χ3n) is 4.76. The van der Waals surface area contributed by atoms with Gasteiger partial charge in [0, 0.05) is 24.7 Å². The van der Waals surface area contributed by atoms with Crippen LogP contribution in [0.25, 0.3) is 10.6 Å². The van der Waals surface area contributed by atoms with E-state index in [1.807, 2.05) is 0 Å². The highest BCUT2D eigenvalue weighted by atomic mass is 32.1. The summed E-state index contributed by atoms with van der Waals surface area (Å²) >= 11 is 0.903. The van der Waals surface area contributed by atoms with Gasteiger partial charge in [0.1, 0.15) is 22.3 Å². The van der Waals surface area contributed by atoms with E-state index in [1.165, 1.54) is 34.8 Å². The molecular weight excluding hydrogens is 430 g/mol. The van der Waals surface area contributed by atoms with E-state index in [4.69, 9.17) is 0 Å². The Bertz CT molecular complexity index is 1130. The van der Waals surface area contributed by atoms with Crippen LogP contribution in [0.15, 0.2) is 42.0 Å². The van der Waals surface area contributed by atoms with Gasteiger partial charge in [0.05, 0.1) is 35.2 Å². The van der Waals surface area contributed by atoms with Crippen LogP contribution in [0.5, 0.6) is 0 Å². The quantitative estimate of drug-likeness (QED) is 0.564. The number of hydrogen-bond acceptors (Lipinski definition) is 7. The van der Waals surface area contributed by atoms with Crippen molar-refractivity contribution >= 4 is 28.8 Å². The molecule has 0 bridgehead atoms. The fourth-order valence-electron chi connectivity index (χ4n) is 3.17. The highest BCUT2D eigenvalue weighted by Crippen LogP contribution is 2.29. The van der Waals surface area contributed by atoms with Crippen molar-refractivity contribution in [2.75, 3.05) is 18.4 Å². The molecule has 1 fully saturated rings. The van der Waals surface area contributed by atoms with Crippen molar-refractivity contribution in [3.63, 3.8) is 0 Å². The number of aromatic nitrogens is 2. The van der Waals surface area contributed by atoms with Crippen LogP contribution < -0.4 is 5.32 Å². The largest absolute Gasteiger partial charge is 0.388 e. The molecule has 160 valence electrons. The number of hydrogen-bond donors (Lipinski definition) is 3. The van der Waals surface area contributed by atoms with Gasteiger partial charge < -0.3 is 20.4 Å². The van der Waals surface area contributed by atoms with Gasteiger partial charge in [0.15, 0.2) is 0 Å². The van der Waals surface area contributed by atoms with Gasteiger partial charge in [0.25, 0.3) is 11.8 Å². The highest BCUT2D eigenvalue weighted by Gasteiger charge is 2.34. The normalized spacial score (nSPS) is 18.3. The number of pyridine rings is 1. The molecule has 8 nitrogen and oxygen atoms in total. The van der Waals surface area contributed by atoms with E-state index in [0.29, 0.717) is 0 Å². The second-order valence-electron chi connectivity index (χ2n) is 6.85. The molecule has 4 rings (SSSR count). The Morgan fingerprint density at radius 2 is 1.81 bits per heavy atom. The van der Waals surface area contributed by atoms with E-state index in [2.05, 4.69) is 15.3 Å². The highest BCUT2D eigenvalue weighted by molar-refractivity contribution is 7.13. The van der Waals surface area contributed by atoms with E-state index >= 15 is 0 Å². The van der Waals surface area contributed by atoms with Gasteiger partial charge in [-0.3, -0.25) is 14.6 Å². The van der Waals surface area contributed by atoms with E-state index in [0.717, 1.165) is 23.5 Å². The minimum Gasteiger partial charge on any atom is -0.388 e. The summed E-state index contributed by atoms with van der Waals surface area (Å²) in [5, 5.41) is 23.2. The van der Waals surface area contributed by atoms with Gasteiger partial charge in [-0.25, -0.2) is 13.8 Å². The summed E-state index contributed by atoms with van der Waals surface area (Å²) in [6, 6.07) is 4.82. The lowest BCUT2D eigenvalue weighted by atomic mass is 10.2. The molecule has 1 aliphatic rings. The molecule has 3 aromatic rings. The number of benzene rings is 1. The summed E-state index contributed by atoms with van der Waals surface area (Å²) in [5.74, 6) is -2.78. The van der Waals surface area contributed by atoms with Gasteiger partial charge in [-0.15, -0.1) is 11.3 Å². The van der Waals surface area contributed by atoms with Crippen LogP contribution >= 0.6 is 11.3 Å². The molecule has 3 heterocycles. The van der Waals surface area contributed by atoms with Crippen LogP contribution in [0, 0.1) is 11.6 Å². The zero-order valence-corrected chi connectivity index (χ0v) is 16.6. The Hall–Kier alpha value is -3.28. The minimum absolute atomic E-state index is 0.00304. The van der Waals surface area contributed by atoms with Crippen molar-refractivity contribution in [1.29, 1.82) is 0 Å². The maximum Gasteiger partial charge on any atom is 0.275 e. The standard InChI is InChI=1S/C20H16F2N4O4S/c21-11-2-1-3-12(22)17(11)19-25-14(9-31-19)18(29)24-13-6-23-5-4-10(13)20(30)26-7-15(27)16(28)8-26/h1-6,9,15-16,27-28H,7-8H2,(H,24,29). The average Bonchev–Trinajstić information content (AvgIpc) is 3.35. The lowest BCUT2D eigenvalue weighted by molar-refractivity contribution is 0.0572. The molecule has 1 aliphatic heterocycles. The van der Waals surface area contributed by atoms with Crippen molar-refractivity contribution in [3.05, 3.63) is 64.9 Å². The van der Waals surface area contributed by atoms with Crippen LogP contribution in [0.4, 0.5) is 14.5 Å². The summed E-state index contributed by atoms with van der Waals surface area (Å²) in [6.45, 7) is -0.0846. The Morgan fingerprint density at radius 3 is 2.48 bits per heavy atom. The number of aliphatic hydroxyl groups excluding tert-OH is 2. The van der Waals surface area contributed by atoms with E-state index in [-0.39, 0.29) is 40.6 Å². The molecule has 0 aliphatic carbocycles. The van der Waals surface area contributed by atoms with Crippen LogP contribution in [0.1, 0.15) is 20.8 Å². The second-order valence-corrected chi connectivity index (χ2v) is 7.71. The van der Waals surface area contributed by atoms with Gasteiger partial charge in [0.2, 0.25) is 0 Å². The number of likely N-dealkylation sites (tertiary alicyclic amines) is 1. The van der Waals surface area contributed by atoms with E-state index in [9.17, 15) is 28.6 Å². The van der Waals surface area contributed by atoms with Gasteiger partial charge in [-0.1, -0.05) is 6.07 Å². The van der Waals surface area contributed by atoms with Crippen molar-refractivity contribution < 1.29 is 28.6 Å². The summed E-state index contributed by atoms with van der Waals surface area (Å²) < 4.78 is 28.0. The molecule has 3 N–H and O–H groups in total. The number of nitrogens with zero attached hydrogens (tertiary/aromatic N) is 3. The molecule has 1 saturated heterocycles. The second kappa shape index (κ2) is 8.46. The molecule has 0 spiro atoms. The molecule has 1 aromatic carbocycles. The first kappa shape index (κ1) is 21.0. The third-order valence-corrected chi connectivity index (χ3v) is 5.62. The first-order valence-corrected chi connectivity index (χ1v) is 10.0. The van der Waals surface area contributed by atoms with Crippen LogP contribution in [0.2, 0.25) is 0 Å². The number of carbonyl (C=O) groups excluding carboxylic acids is 2. The maximum absolute atomic E-state index is 14.0. The van der Waals surface area contributed by atoms with Gasteiger partial charge >= 0.3 is 0 Å². The molecule has 2 atom stereocenters. The molecule has 0 radical (unpaired) electrons. The summed E-state index contributed by atoms with van der Waals surface area (Å²) in [5.41, 5.74) is -0.202. The topological polar surface area (TPSA) is 116 Å². The Labute approximate surface area is 178 Å². The third kappa shape index (κ3) is 4.15. The molecule has 2 aromatic heterocycles. The fourth-order valence-corrected chi connectivity index (χ4v) is 4.01. The average molecular weight is 446 g/mol. The molecule has 31 heavy (non-hydrogen) atoms. The Balaban J connectivity index is 1.55. The number of anilines is 1. The number of aliphatic hydroxyl groups is 2. The Morgan fingerprint density at radius 1 is 1.13 bits per heavy atom. The predicted molar refractivity (Wildman–Crippen MR) is 108 cm³/mol. The predicted octanol–water partition coefficient (Wildman–Crippen LogP) is 1.91. The van der Waals surface area contributed by atoms with Gasteiger partial charge in [-0.2, -0.15) is 0 Å². The first-order valence-electron chi connectivity index (χ1n) is 9.16. The first-order chi connectivity index (χ1) is 14.8. The zero-order valence-electron chi connectivity index (χ0n) is 15.8. The summed E-state index contributed by atoms with van der Waals surface area (Å²) in [6.07, 6.45) is 0.554. The van der Waals surface area contributed by atoms with Crippen LogP contribution in [-0.2, 0) is 0 Å². The van der Waals surface area contributed by atoms with Crippen molar-refractivity contribution in [2.24, 2.45) is 0 Å². The van der Waals surface area contributed by atoms with Crippen molar-refractivity contribution in [2.45, 2.75) is 12.2 Å². The number of β-amino-alcohol motifs (C(OH)–C–C–N with tert-alkyl or cyclic N) is 2. The van der Waals surface area contributed by atoms with E-state index in [1.54, 1.807) is 0 Å². The van der Waals surface area contributed by atoms with Crippen LogP contribution in [0.3, 0.4) is 0 Å². The number of carbonyl (C=O) groups is 2. The Kier molecular flexibility index (Phi) is 5.72. The number of halogens is 2. The molecule has 11 heteroatoms. The van der Waals surface area contributed by atoms with Crippen molar-refractivity contribution in [1.82, 2.24) is 14.9 Å². The van der Waals surface area contributed by atoms with Crippen LogP contribution in [-0.4, -0.2) is 62.2 Å². The number of amides is 2. The lowest BCUT2D eigenvalue weighted by Gasteiger charge is -2.17.